The van der Waals surface area contributed by atoms with Gasteiger partial charge in [0.1, 0.15) is 4.90 Å². The van der Waals surface area contributed by atoms with Crippen molar-refractivity contribution in [2.45, 2.75) is 24.3 Å². The van der Waals surface area contributed by atoms with Crippen molar-refractivity contribution >= 4 is 27.3 Å². The minimum atomic E-state index is -3.62. The van der Waals surface area contributed by atoms with Crippen LogP contribution in [0.3, 0.4) is 0 Å². The normalized spacial score (nSPS) is 13.1. The highest BCUT2D eigenvalue weighted by Gasteiger charge is 2.21. The van der Waals surface area contributed by atoms with Crippen LogP contribution in [0.2, 0.25) is 0 Å². The molecule has 0 aliphatic rings. The van der Waals surface area contributed by atoms with Crippen LogP contribution >= 0.6 is 11.3 Å². The summed E-state index contributed by atoms with van der Waals surface area (Å²) in [6.07, 6.45) is 3.26. The Morgan fingerprint density at radius 3 is 2.55 bits per heavy atom. The highest BCUT2D eigenvalue weighted by atomic mass is 32.2. The lowest BCUT2D eigenvalue weighted by molar-refractivity contribution is 0.552. The summed E-state index contributed by atoms with van der Waals surface area (Å²) in [5.41, 5.74) is 0. The van der Waals surface area contributed by atoms with Crippen LogP contribution in [0.15, 0.2) is 34.8 Å². The SMILES string of the molecule is CCC(NS(=O)(=O)c1cnc(NC)nc1)c1cccs1. The molecule has 0 fully saturated rings. The quantitative estimate of drug-likeness (QED) is 0.852. The molecule has 0 spiro atoms. The van der Waals surface area contributed by atoms with E-state index in [2.05, 4.69) is 20.0 Å². The van der Waals surface area contributed by atoms with Gasteiger partial charge in [-0.15, -0.1) is 11.3 Å². The summed E-state index contributed by atoms with van der Waals surface area (Å²) in [5.74, 6) is 0.384. The van der Waals surface area contributed by atoms with Gasteiger partial charge in [-0.25, -0.2) is 23.1 Å². The van der Waals surface area contributed by atoms with E-state index in [0.29, 0.717) is 12.4 Å². The van der Waals surface area contributed by atoms with Crippen LogP contribution in [-0.2, 0) is 10.0 Å². The Labute approximate surface area is 122 Å². The van der Waals surface area contributed by atoms with Crippen molar-refractivity contribution in [1.82, 2.24) is 14.7 Å². The molecule has 2 aromatic heterocycles. The van der Waals surface area contributed by atoms with Gasteiger partial charge in [-0.2, -0.15) is 0 Å². The number of nitrogens with one attached hydrogen (secondary N) is 2. The average molecular weight is 312 g/mol. The fraction of sp³-hybridized carbons (Fsp3) is 0.333. The van der Waals surface area contributed by atoms with Crippen LogP contribution in [0, 0.1) is 0 Å². The van der Waals surface area contributed by atoms with E-state index in [1.54, 1.807) is 7.05 Å². The molecular weight excluding hydrogens is 296 g/mol. The number of aromatic nitrogens is 2. The van der Waals surface area contributed by atoms with Gasteiger partial charge in [-0.05, 0) is 17.9 Å². The first kappa shape index (κ1) is 14.9. The molecule has 0 saturated heterocycles. The predicted molar refractivity (Wildman–Crippen MR) is 79.3 cm³/mol. The molecule has 0 aliphatic carbocycles. The van der Waals surface area contributed by atoms with Crippen LogP contribution in [0.5, 0.6) is 0 Å². The maximum absolute atomic E-state index is 12.3. The maximum atomic E-state index is 12.3. The molecule has 2 heterocycles. The maximum Gasteiger partial charge on any atom is 0.244 e. The topological polar surface area (TPSA) is 84.0 Å². The van der Waals surface area contributed by atoms with E-state index < -0.39 is 10.0 Å². The predicted octanol–water partition coefficient (Wildman–Crippen LogP) is 2.01. The Morgan fingerprint density at radius 2 is 2.05 bits per heavy atom. The number of sulfonamides is 1. The number of hydrogen-bond donors (Lipinski definition) is 2. The number of rotatable bonds is 6. The summed E-state index contributed by atoms with van der Waals surface area (Å²) in [4.78, 5) is 8.89. The Morgan fingerprint density at radius 1 is 1.35 bits per heavy atom. The van der Waals surface area contributed by atoms with Crippen LogP contribution in [0.4, 0.5) is 5.95 Å². The molecule has 0 amide bonds. The third-order valence-electron chi connectivity index (χ3n) is 2.75. The minimum Gasteiger partial charge on any atom is -0.357 e. The largest absolute Gasteiger partial charge is 0.357 e. The van der Waals surface area contributed by atoms with Crippen LogP contribution in [0.1, 0.15) is 24.3 Å². The van der Waals surface area contributed by atoms with Gasteiger partial charge in [0.25, 0.3) is 0 Å². The Hall–Kier alpha value is -1.51. The second-order valence-corrected chi connectivity index (χ2v) is 6.78. The van der Waals surface area contributed by atoms with Crippen molar-refractivity contribution in [2.24, 2.45) is 0 Å². The molecular formula is C12H16N4O2S2. The summed E-state index contributed by atoms with van der Waals surface area (Å²) < 4.78 is 27.3. The van der Waals surface area contributed by atoms with Crippen LogP contribution in [0.25, 0.3) is 0 Å². The fourth-order valence-corrected chi connectivity index (χ4v) is 3.79. The van der Waals surface area contributed by atoms with Crippen LogP contribution in [-0.4, -0.2) is 25.4 Å². The van der Waals surface area contributed by atoms with Crippen molar-refractivity contribution < 1.29 is 8.42 Å². The lowest BCUT2D eigenvalue weighted by Crippen LogP contribution is -2.28. The second kappa shape index (κ2) is 6.29. The van der Waals surface area contributed by atoms with Crippen molar-refractivity contribution in [3.05, 3.63) is 34.8 Å². The smallest absolute Gasteiger partial charge is 0.244 e. The first-order valence-corrected chi connectivity index (χ1v) is 8.48. The first-order chi connectivity index (χ1) is 9.56. The minimum absolute atomic E-state index is 0.0616. The molecule has 2 rings (SSSR count). The monoisotopic (exact) mass is 312 g/mol. The molecule has 0 radical (unpaired) electrons. The van der Waals surface area contributed by atoms with Gasteiger partial charge in [0.15, 0.2) is 0 Å². The van der Waals surface area contributed by atoms with Crippen molar-refractivity contribution in [1.29, 1.82) is 0 Å². The highest BCUT2D eigenvalue weighted by Crippen LogP contribution is 2.23. The van der Waals surface area contributed by atoms with E-state index in [1.165, 1.54) is 23.7 Å². The average Bonchev–Trinajstić information content (AvgIpc) is 2.99. The summed E-state index contributed by atoms with van der Waals surface area (Å²) >= 11 is 1.53. The van der Waals surface area contributed by atoms with Gasteiger partial charge >= 0.3 is 0 Å². The molecule has 108 valence electrons. The zero-order valence-corrected chi connectivity index (χ0v) is 12.8. The molecule has 0 aromatic carbocycles. The molecule has 6 nitrogen and oxygen atoms in total. The molecule has 8 heteroatoms. The van der Waals surface area contributed by atoms with Gasteiger partial charge in [-0.1, -0.05) is 13.0 Å². The molecule has 1 atom stereocenters. The zero-order valence-electron chi connectivity index (χ0n) is 11.2. The lowest BCUT2D eigenvalue weighted by Gasteiger charge is -2.15. The van der Waals surface area contributed by atoms with Gasteiger partial charge in [0.05, 0.1) is 18.4 Å². The third-order valence-corrected chi connectivity index (χ3v) is 5.17. The number of nitrogens with zero attached hydrogens (tertiary/aromatic N) is 2. The molecule has 2 aromatic rings. The van der Waals surface area contributed by atoms with E-state index in [9.17, 15) is 8.42 Å². The highest BCUT2D eigenvalue weighted by molar-refractivity contribution is 7.89. The fourth-order valence-electron chi connectivity index (χ4n) is 1.67. The van der Waals surface area contributed by atoms with Crippen LogP contribution < -0.4 is 10.0 Å². The Bertz CT molecular complexity index is 639. The standard InChI is InChI=1S/C12H16N4O2S2/c1-3-10(11-5-4-6-19-11)16-20(17,18)9-7-14-12(13-2)15-8-9/h4-8,10,16H,3H2,1-2H3,(H,13,14,15). The van der Waals surface area contributed by atoms with Gasteiger partial charge in [0, 0.05) is 11.9 Å². The molecule has 0 aliphatic heterocycles. The molecule has 1 unspecified atom stereocenters. The van der Waals surface area contributed by atoms with Gasteiger partial charge in [0.2, 0.25) is 16.0 Å². The van der Waals surface area contributed by atoms with Crippen molar-refractivity contribution in [2.75, 3.05) is 12.4 Å². The first-order valence-electron chi connectivity index (χ1n) is 6.12. The molecule has 20 heavy (non-hydrogen) atoms. The van der Waals surface area contributed by atoms with Gasteiger partial charge < -0.3 is 5.32 Å². The summed E-state index contributed by atoms with van der Waals surface area (Å²) in [6, 6.07) is 3.59. The van der Waals surface area contributed by atoms with Crippen molar-refractivity contribution in [3.63, 3.8) is 0 Å². The number of thiophene rings is 1. The van der Waals surface area contributed by atoms with Gasteiger partial charge in [-0.3, -0.25) is 0 Å². The summed E-state index contributed by atoms with van der Waals surface area (Å²) in [7, 11) is -1.95. The summed E-state index contributed by atoms with van der Waals surface area (Å²) in [5, 5.41) is 4.67. The number of hydrogen-bond acceptors (Lipinski definition) is 6. The molecule has 0 saturated carbocycles. The lowest BCUT2D eigenvalue weighted by atomic mass is 10.2. The molecule has 0 bridgehead atoms. The zero-order chi connectivity index (χ0) is 14.6. The second-order valence-electron chi connectivity index (χ2n) is 4.09. The Balaban J connectivity index is 2.21. The van der Waals surface area contributed by atoms with E-state index >= 15 is 0 Å². The van der Waals surface area contributed by atoms with E-state index in [1.807, 2.05) is 24.4 Å². The number of anilines is 1. The van der Waals surface area contributed by atoms with E-state index in [0.717, 1.165) is 4.88 Å². The third kappa shape index (κ3) is 3.33. The summed E-state index contributed by atoms with van der Waals surface area (Å²) in [6.45, 7) is 1.94. The Kier molecular flexibility index (Phi) is 4.69. The van der Waals surface area contributed by atoms with E-state index in [-0.39, 0.29) is 10.9 Å². The van der Waals surface area contributed by atoms with Crippen molar-refractivity contribution in [3.8, 4) is 0 Å². The molecule has 2 N–H and O–H groups in total. The van der Waals surface area contributed by atoms with E-state index in [4.69, 9.17) is 0 Å².